The van der Waals surface area contributed by atoms with Crippen LogP contribution in [0.2, 0.25) is 0 Å². The molecule has 0 radical (unpaired) electrons. The van der Waals surface area contributed by atoms with E-state index in [1.165, 1.54) is 0 Å². The Balaban J connectivity index is 3.03. The van der Waals surface area contributed by atoms with Gasteiger partial charge in [0.25, 0.3) is 0 Å². The normalized spacial score (nSPS) is 43.5. The Bertz CT molecular complexity index is 152. The third-order valence-electron chi connectivity index (χ3n) is 0.455. The summed E-state index contributed by atoms with van der Waals surface area (Å²) in [6.07, 6.45) is 0. The molecule has 0 saturated carbocycles. The molecule has 0 fully saturated rings. The van der Waals surface area contributed by atoms with Gasteiger partial charge in [-0.1, -0.05) is 0 Å². The first-order valence-corrected chi connectivity index (χ1v) is 3.15. The maximum Gasteiger partial charge on any atom is 0.146 e. The molecule has 3 nitrogen and oxygen atoms in total. The van der Waals surface area contributed by atoms with E-state index in [4.69, 9.17) is 4.55 Å². The van der Waals surface area contributed by atoms with Gasteiger partial charge in [-0.05, 0) is 0 Å². The second kappa shape index (κ2) is 0.959. The molecule has 1 rings (SSSR count). The molecule has 0 spiro atoms. The van der Waals surface area contributed by atoms with Crippen molar-refractivity contribution in [3.05, 3.63) is 0 Å². The van der Waals surface area contributed by atoms with E-state index in [0.29, 0.717) is 0 Å². The van der Waals surface area contributed by atoms with E-state index < -0.39 is 9.80 Å². The van der Waals surface area contributed by atoms with Crippen LogP contribution in [0, 0.1) is 0 Å². The molecule has 36 valence electrons. The maximum absolute atomic E-state index is 10.0. The Hall–Kier alpha value is -0.0600. The lowest BCUT2D eigenvalue weighted by Gasteiger charge is -2.08. The Morgan fingerprint density at radius 1 is 2.00 bits per heavy atom. The largest absolute Gasteiger partial charge is 0.328 e. The molecule has 1 atom stereocenters. The lowest BCUT2D eigenvalue weighted by Crippen LogP contribution is -2.21. The van der Waals surface area contributed by atoms with Crippen LogP contribution in [0.15, 0.2) is 0 Å². The second-order valence-corrected chi connectivity index (χ2v) is 2.88. The molecule has 0 saturated heterocycles. The molecule has 0 aliphatic carbocycles. The van der Waals surface area contributed by atoms with Crippen LogP contribution in [0.3, 0.4) is 0 Å². The average molecular weight is 108 g/mol. The van der Waals surface area contributed by atoms with Crippen molar-refractivity contribution in [1.29, 1.82) is 0 Å². The minimum atomic E-state index is -2.58. The van der Waals surface area contributed by atoms with Crippen molar-refractivity contribution >= 4 is 15.4 Å². The summed E-state index contributed by atoms with van der Waals surface area (Å²) in [5.74, 6) is -0.0208. The van der Waals surface area contributed by atoms with Crippen LogP contribution in [0.4, 0.5) is 0 Å². The molecule has 0 bridgehead atoms. The van der Waals surface area contributed by atoms with E-state index in [-0.39, 0.29) is 5.94 Å². The van der Waals surface area contributed by atoms with Gasteiger partial charge in [0.15, 0.2) is 0 Å². The Kier molecular flexibility index (Phi) is 0.657. The third-order valence-corrected chi connectivity index (χ3v) is 1.37. The summed E-state index contributed by atoms with van der Waals surface area (Å²) >= 11 is 0. The molecule has 0 aromatic heterocycles. The maximum atomic E-state index is 10.0. The van der Waals surface area contributed by atoms with Crippen LogP contribution in [0.5, 0.6) is 0 Å². The summed E-state index contributed by atoms with van der Waals surface area (Å²) < 4.78 is 22.6. The van der Waals surface area contributed by atoms with Crippen molar-refractivity contribution in [2.24, 2.45) is 0 Å². The quantitative estimate of drug-likeness (QED) is 0.425. The van der Waals surface area contributed by atoms with Gasteiger partial charge in [0.1, 0.15) is 21.3 Å². The summed E-state index contributed by atoms with van der Waals surface area (Å²) in [7, 11) is -2.58. The molecule has 6 heavy (non-hydrogen) atoms. The van der Waals surface area contributed by atoms with Crippen LogP contribution in [-0.4, -0.2) is 20.3 Å². The zero-order valence-electron chi connectivity index (χ0n) is 2.96. The fourth-order valence-electron chi connectivity index (χ4n) is 0.184. The molecular weight excluding hydrogens is 104 g/mol. The molecular formula is C2H4O3S. The highest BCUT2D eigenvalue weighted by Gasteiger charge is 2.09. The molecule has 4 heteroatoms. The van der Waals surface area contributed by atoms with Gasteiger partial charge in [0.2, 0.25) is 0 Å². The molecule has 1 aliphatic heterocycles. The number of rotatable bonds is 0. The molecule has 0 aromatic rings. The topological polar surface area (TPSA) is 46.5 Å². The first kappa shape index (κ1) is 4.11. The lowest BCUT2D eigenvalue weighted by atomic mass is 11.5. The van der Waals surface area contributed by atoms with E-state index in [1.807, 2.05) is 0 Å². The zero-order chi connectivity index (χ0) is 4.62. The van der Waals surface area contributed by atoms with E-state index in [1.54, 1.807) is 0 Å². The SMILES string of the molecule is O=S1(O)=COC1. The monoisotopic (exact) mass is 108 g/mol. The van der Waals surface area contributed by atoms with E-state index in [9.17, 15) is 4.21 Å². The Morgan fingerprint density at radius 2 is 2.33 bits per heavy atom. The van der Waals surface area contributed by atoms with Gasteiger partial charge in [-0.25, -0.2) is 4.21 Å². The van der Waals surface area contributed by atoms with E-state index >= 15 is 0 Å². The Morgan fingerprint density at radius 3 is 2.33 bits per heavy atom. The molecule has 1 aliphatic rings. The van der Waals surface area contributed by atoms with Gasteiger partial charge >= 0.3 is 0 Å². The third kappa shape index (κ3) is 0.540. The van der Waals surface area contributed by atoms with Crippen molar-refractivity contribution < 1.29 is 13.5 Å². The minimum Gasteiger partial charge on any atom is -0.328 e. The zero-order valence-corrected chi connectivity index (χ0v) is 3.77. The van der Waals surface area contributed by atoms with Crippen LogP contribution in [0.25, 0.3) is 0 Å². The summed E-state index contributed by atoms with van der Waals surface area (Å²) in [5, 5.41) is 0. The van der Waals surface area contributed by atoms with Crippen molar-refractivity contribution in [3.63, 3.8) is 0 Å². The molecule has 1 N–H and O–H groups in total. The van der Waals surface area contributed by atoms with Crippen molar-refractivity contribution in [2.75, 3.05) is 5.94 Å². The van der Waals surface area contributed by atoms with E-state index in [2.05, 4.69) is 4.74 Å². The van der Waals surface area contributed by atoms with Gasteiger partial charge in [-0.2, -0.15) is 0 Å². The highest BCUT2D eigenvalue weighted by molar-refractivity contribution is 7.97. The fraction of sp³-hybridized carbons (Fsp3) is 0.500. The first-order chi connectivity index (χ1) is 2.71. The van der Waals surface area contributed by atoms with Crippen LogP contribution in [-0.2, 0) is 14.5 Å². The molecule has 0 amide bonds. The first-order valence-electron chi connectivity index (χ1n) is 1.40. The van der Waals surface area contributed by atoms with Crippen LogP contribution in [0.1, 0.15) is 0 Å². The molecule has 1 heterocycles. The lowest BCUT2D eigenvalue weighted by molar-refractivity contribution is 0.353. The number of hydrogen-bond donors (Lipinski definition) is 1. The summed E-state index contributed by atoms with van der Waals surface area (Å²) in [6, 6.07) is 0. The van der Waals surface area contributed by atoms with Gasteiger partial charge in [-0.3, -0.25) is 0 Å². The summed E-state index contributed by atoms with van der Waals surface area (Å²) in [5.41, 5.74) is 0.951. The standard InChI is InChI=1S/C2H4O3S/c3-6(4)1-5-2-6/h1H,2H2,(H,3,4). The van der Waals surface area contributed by atoms with Gasteiger partial charge in [-0.15, -0.1) is 0 Å². The van der Waals surface area contributed by atoms with Crippen molar-refractivity contribution in [3.8, 4) is 0 Å². The van der Waals surface area contributed by atoms with Gasteiger partial charge in [0.05, 0.1) is 0 Å². The number of hydrogen-bond acceptors (Lipinski definition) is 2. The predicted octanol–water partition coefficient (Wildman–Crippen LogP) is -0.509. The smallest absolute Gasteiger partial charge is 0.146 e. The fourth-order valence-corrected chi connectivity index (χ4v) is 0.553. The van der Waals surface area contributed by atoms with Gasteiger partial charge < -0.3 is 9.29 Å². The number of ether oxygens (including phenoxy) is 1. The second-order valence-electron chi connectivity index (χ2n) is 1.07. The van der Waals surface area contributed by atoms with E-state index in [0.717, 1.165) is 5.55 Å². The predicted molar refractivity (Wildman–Crippen MR) is 22.8 cm³/mol. The van der Waals surface area contributed by atoms with Gasteiger partial charge in [0, 0.05) is 0 Å². The Labute approximate surface area is 35.8 Å². The average Bonchev–Trinajstić information content (AvgIpc) is 1.32. The van der Waals surface area contributed by atoms with Crippen LogP contribution < -0.4 is 0 Å². The highest BCUT2D eigenvalue weighted by Crippen LogP contribution is 1.94. The van der Waals surface area contributed by atoms with Crippen molar-refractivity contribution in [2.45, 2.75) is 0 Å². The molecule has 0 aromatic carbocycles. The summed E-state index contributed by atoms with van der Waals surface area (Å²) in [6.45, 7) is 0. The highest BCUT2D eigenvalue weighted by atomic mass is 32.2. The van der Waals surface area contributed by atoms with Crippen LogP contribution >= 0.6 is 0 Å². The molecule has 1 unspecified atom stereocenters. The minimum absolute atomic E-state index is 0.0208. The summed E-state index contributed by atoms with van der Waals surface area (Å²) in [4.78, 5) is 0. The van der Waals surface area contributed by atoms with Crippen molar-refractivity contribution in [1.82, 2.24) is 0 Å².